The molecular formula is C17H32IN3O2. The van der Waals surface area contributed by atoms with Crippen LogP contribution in [0.2, 0.25) is 0 Å². The Morgan fingerprint density at radius 1 is 1.26 bits per heavy atom. The summed E-state index contributed by atoms with van der Waals surface area (Å²) >= 11 is 0. The Bertz CT molecular complexity index is 395. The second kappa shape index (κ2) is 10.4. The van der Waals surface area contributed by atoms with E-state index in [-0.39, 0.29) is 35.9 Å². The molecule has 23 heavy (non-hydrogen) atoms. The summed E-state index contributed by atoms with van der Waals surface area (Å²) < 4.78 is 4.85. The Morgan fingerprint density at radius 3 is 2.52 bits per heavy atom. The average Bonchev–Trinajstić information content (AvgIpc) is 2.55. The van der Waals surface area contributed by atoms with Crippen LogP contribution >= 0.6 is 24.0 Å². The molecule has 2 aliphatic rings. The van der Waals surface area contributed by atoms with E-state index in [1.165, 1.54) is 32.8 Å². The molecule has 0 aromatic rings. The Morgan fingerprint density at radius 2 is 1.96 bits per heavy atom. The van der Waals surface area contributed by atoms with Crippen molar-refractivity contribution in [3.63, 3.8) is 0 Å². The molecule has 0 spiro atoms. The fourth-order valence-electron chi connectivity index (χ4n) is 3.81. The molecule has 1 saturated heterocycles. The van der Waals surface area contributed by atoms with Gasteiger partial charge in [-0.1, -0.05) is 19.8 Å². The number of guanidine groups is 1. The molecule has 1 N–H and O–H groups in total. The second-order valence-electron chi connectivity index (χ2n) is 6.85. The molecule has 0 aromatic carbocycles. The first-order chi connectivity index (χ1) is 10.6. The standard InChI is InChI=1S/C17H31N3O2.HI/c1-13-5-4-6-14(11-13)12-19-17(18-2)20-9-7-15(8-10-20)16(21)22-3;/h13-15H,4-12H2,1-3H3,(H,18,19);1H. The van der Waals surface area contributed by atoms with Gasteiger partial charge in [0.1, 0.15) is 0 Å². The summed E-state index contributed by atoms with van der Waals surface area (Å²) in [5.41, 5.74) is 0. The van der Waals surface area contributed by atoms with Crippen LogP contribution in [-0.4, -0.2) is 50.6 Å². The average molecular weight is 437 g/mol. The molecule has 2 atom stereocenters. The number of esters is 1. The number of hydrogen-bond donors (Lipinski definition) is 1. The molecule has 0 aromatic heterocycles. The minimum absolute atomic E-state index is 0. The van der Waals surface area contributed by atoms with Gasteiger partial charge in [-0.05, 0) is 37.5 Å². The number of likely N-dealkylation sites (tertiary alicyclic amines) is 1. The van der Waals surface area contributed by atoms with Gasteiger partial charge in [-0.25, -0.2) is 0 Å². The van der Waals surface area contributed by atoms with E-state index < -0.39 is 0 Å². The number of nitrogens with zero attached hydrogens (tertiary/aromatic N) is 2. The third-order valence-electron chi connectivity index (χ3n) is 5.13. The van der Waals surface area contributed by atoms with Crippen molar-refractivity contribution in [2.75, 3.05) is 33.8 Å². The molecule has 2 unspecified atom stereocenters. The van der Waals surface area contributed by atoms with Crippen LogP contribution in [0.15, 0.2) is 4.99 Å². The number of aliphatic imine (C=N–C) groups is 1. The summed E-state index contributed by atoms with van der Waals surface area (Å²) in [6.45, 7) is 5.13. The summed E-state index contributed by atoms with van der Waals surface area (Å²) in [5.74, 6) is 2.60. The lowest BCUT2D eigenvalue weighted by Crippen LogP contribution is -2.47. The minimum Gasteiger partial charge on any atom is -0.469 e. The van der Waals surface area contributed by atoms with Crippen LogP contribution in [0.3, 0.4) is 0 Å². The van der Waals surface area contributed by atoms with Gasteiger partial charge in [-0.15, -0.1) is 24.0 Å². The van der Waals surface area contributed by atoms with Gasteiger partial charge in [0.2, 0.25) is 0 Å². The minimum atomic E-state index is -0.0706. The number of piperidine rings is 1. The van der Waals surface area contributed by atoms with Crippen molar-refractivity contribution in [2.24, 2.45) is 22.7 Å². The Balaban J connectivity index is 0.00000264. The summed E-state index contributed by atoms with van der Waals surface area (Å²) in [7, 11) is 3.32. The van der Waals surface area contributed by atoms with Gasteiger partial charge in [-0.3, -0.25) is 9.79 Å². The van der Waals surface area contributed by atoms with E-state index in [4.69, 9.17) is 4.74 Å². The summed E-state index contributed by atoms with van der Waals surface area (Å²) in [6, 6.07) is 0. The third-order valence-corrected chi connectivity index (χ3v) is 5.13. The molecule has 1 saturated carbocycles. The predicted octanol–water partition coefficient (Wildman–Crippen LogP) is 2.89. The van der Waals surface area contributed by atoms with Crippen molar-refractivity contribution >= 4 is 35.9 Å². The van der Waals surface area contributed by atoms with Crippen LogP contribution in [-0.2, 0) is 9.53 Å². The molecular weight excluding hydrogens is 405 g/mol. The number of hydrogen-bond acceptors (Lipinski definition) is 3. The van der Waals surface area contributed by atoms with Gasteiger partial charge in [0.25, 0.3) is 0 Å². The smallest absolute Gasteiger partial charge is 0.308 e. The Kier molecular flexibility index (Phi) is 9.24. The van der Waals surface area contributed by atoms with E-state index in [0.29, 0.717) is 0 Å². The van der Waals surface area contributed by atoms with Crippen LogP contribution in [0.1, 0.15) is 45.4 Å². The predicted molar refractivity (Wildman–Crippen MR) is 104 cm³/mol. The summed E-state index contributed by atoms with van der Waals surface area (Å²) in [4.78, 5) is 18.3. The van der Waals surface area contributed by atoms with Gasteiger partial charge in [-0.2, -0.15) is 0 Å². The van der Waals surface area contributed by atoms with Crippen LogP contribution in [0.5, 0.6) is 0 Å². The highest BCUT2D eigenvalue weighted by molar-refractivity contribution is 14.0. The number of carbonyl (C=O) groups is 1. The van der Waals surface area contributed by atoms with Crippen molar-refractivity contribution in [2.45, 2.75) is 45.4 Å². The van der Waals surface area contributed by atoms with Crippen molar-refractivity contribution in [1.82, 2.24) is 10.2 Å². The lowest BCUT2D eigenvalue weighted by Gasteiger charge is -2.34. The fraction of sp³-hybridized carbons (Fsp3) is 0.882. The zero-order valence-electron chi connectivity index (χ0n) is 14.7. The van der Waals surface area contributed by atoms with Gasteiger partial charge in [0.05, 0.1) is 13.0 Å². The lowest BCUT2D eigenvalue weighted by molar-refractivity contribution is -0.146. The van der Waals surface area contributed by atoms with Crippen LogP contribution in [0.25, 0.3) is 0 Å². The Labute approximate surface area is 157 Å². The number of methoxy groups -OCH3 is 1. The number of rotatable bonds is 3. The number of ether oxygens (including phenoxy) is 1. The van der Waals surface area contributed by atoms with Crippen molar-refractivity contribution in [3.05, 3.63) is 0 Å². The fourth-order valence-corrected chi connectivity index (χ4v) is 3.81. The van der Waals surface area contributed by atoms with Crippen molar-refractivity contribution in [1.29, 1.82) is 0 Å². The van der Waals surface area contributed by atoms with E-state index in [2.05, 4.69) is 22.1 Å². The number of nitrogens with one attached hydrogen (secondary N) is 1. The Hall–Kier alpha value is -0.530. The first-order valence-corrected chi connectivity index (χ1v) is 8.67. The molecule has 6 heteroatoms. The molecule has 0 radical (unpaired) electrons. The molecule has 134 valence electrons. The summed E-state index contributed by atoms with van der Waals surface area (Å²) in [5, 5.41) is 3.55. The van der Waals surface area contributed by atoms with Gasteiger partial charge in [0.15, 0.2) is 5.96 Å². The van der Waals surface area contributed by atoms with E-state index in [0.717, 1.165) is 50.3 Å². The van der Waals surface area contributed by atoms with Gasteiger partial charge >= 0.3 is 5.97 Å². The van der Waals surface area contributed by atoms with Gasteiger partial charge < -0.3 is 15.0 Å². The monoisotopic (exact) mass is 437 g/mol. The molecule has 1 heterocycles. The normalized spacial score (nSPS) is 26.4. The first kappa shape index (κ1) is 20.5. The SMILES string of the molecule is CN=C(NCC1CCCC(C)C1)N1CCC(C(=O)OC)CC1.I. The molecule has 2 rings (SSSR count). The van der Waals surface area contributed by atoms with Crippen LogP contribution in [0, 0.1) is 17.8 Å². The summed E-state index contributed by atoms with van der Waals surface area (Å²) in [6.07, 6.45) is 7.11. The van der Waals surface area contributed by atoms with Gasteiger partial charge in [0, 0.05) is 26.7 Å². The molecule has 1 aliphatic heterocycles. The quantitative estimate of drug-likeness (QED) is 0.319. The molecule has 1 aliphatic carbocycles. The molecule has 0 bridgehead atoms. The first-order valence-electron chi connectivity index (χ1n) is 8.67. The number of carbonyl (C=O) groups excluding carboxylic acids is 1. The lowest BCUT2D eigenvalue weighted by atomic mass is 9.82. The zero-order chi connectivity index (χ0) is 15.9. The van der Waals surface area contributed by atoms with Crippen molar-refractivity contribution in [3.8, 4) is 0 Å². The van der Waals surface area contributed by atoms with Crippen LogP contribution < -0.4 is 5.32 Å². The second-order valence-corrected chi connectivity index (χ2v) is 6.85. The maximum atomic E-state index is 11.6. The largest absolute Gasteiger partial charge is 0.469 e. The van der Waals surface area contributed by atoms with Crippen molar-refractivity contribution < 1.29 is 9.53 Å². The van der Waals surface area contributed by atoms with E-state index >= 15 is 0 Å². The highest BCUT2D eigenvalue weighted by atomic mass is 127. The zero-order valence-corrected chi connectivity index (χ0v) is 17.0. The van der Waals surface area contributed by atoms with E-state index in [9.17, 15) is 4.79 Å². The number of halogens is 1. The highest BCUT2D eigenvalue weighted by Crippen LogP contribution is 2.28. The molecule has 2 fully saturated rings. The van der Waals surface area contributed by atoms with Crippen LogP contribution in [0.4, 0.5) is 0 Å². The van der Waals surface area contributed by atoms with E-state index in [1.807, 2.05) is 7.05 Å². The third kappa shape index (κ3) is 6.12. The topological polar surface area (TPSA) is 53.9 Å². The highest BCUT2D eigenvalue weighted by Gasteiger charge is 2.27. The molecule has 5 nitrogen and oxygen atoms in total. The maximum Gasteiger partial charge on any atom is 0.308 e. The van der Waals surface area contributed by atoms with E-state index in [1.54, 1.807) is 0 Å². The molecule has 0 amide bonds. The maximum absolute atomic E-state index is 11.6.